The van der Waals surface area contributed by atoms with Crippen LogP contribution in [0.25, 0.3) is 16.9 Å². The van der Waals surface area contributed by atoms with Crippen LogP contribution in [0.15, 0.2) is 22.9 Å². The lowest BCUT2D eigenvalue weighted by Crippen LogP contribution is -1.92. The van der Waals surface area contributed by atoms with Gasteiger partial charge in [0.05, 0.1) is 11.4 Å². The molecule has 3 aromatic heterocycles. The standard InChI is InChI=1S/C14H15BrN4/c1-8-5-11(15)6-19-7-12(16-14(8)19)13-9(2)17-18(4)10(13)3/h5-7H,1-4H3. The van der Waals surface area contributed by atoms with E-state index in [-0.39, 0.29) is 0 Å². The molecule has 0 atom stereocenters. The molecule has 0 amide bonds. The third-order valence-electron chi connectivity index (χ3n) is 3.47. The molecule has 98 valence electrons. The zero-order valence-electron chi connectivity index (χ0n) is 11.4. The SMILES string of the molecule is Cc1nn(C)c(C)c1-c1cn2cc(Br)cc(C)c2n1. The molecule has 0 aliphatic carbocycles. The van der Waals surface area contributed by atoms with Gasteiger partial charge in [-0.1, -0.05) is 0 Å². The van der Waals surface area contributed by atoms with Gasteiger partial charge in [0.2, 0.25) is 0 Å². The molecule has 0 aromatic carbocycles. The molecule has 0 aliphatic heterocycles. The molecular weight excluding hydrogens is 304 g/mol. The summed E-state index contributed by atoms with van der Waals surface area (Å²) in [6, 6.07) is 2.08. The predicted molar refractivity (Wildman–Crippen MR) is 79.3 cm³/mol. The molecular formula is C14H15BrN4. The summed E-state index contributed by atoms with van der Waals surface area (Å²) < 4.78 is 5.01. The Bertz CT molecular complexity index is 782. The Morgan fingerprint density at radius 1 is 1.16 bits per heavy atom. The molecule has 0 radical (unpaired) electrons. The molecule has 0 bridgehead atoms. The summed E-state index contributed by atoms with van der Waals surface area (Å²) in [7, 11) is 1.96. The fourth-order valence-corrected chi connectivity index (χ4v) is 3.05. The van der Waals surface area contributed by atoms with Crippen LogP contribution in [0.2, 0.25) is 0 Å². The molecule has 4 nitrogen and oxygen atoms in total. The summed E-state index contributed by atoms with van der Waals surface area (Å²) >= 11 is 3.52. The first kappa shape index (κ1) is 12.4. The quantitative estimate of drug-likeness (QED) is 0.689. The van der Waals surface area contributed by atoms with E-state index in [9.17, 15) is 0 Å². The lowest BCUT2D eigenvalue weighted by Gasteiger charge is -1.97. The highest BCUT2D eigenvalue weighted by atomic mass is 79.9. The highest BCUT2D eigenvalue weighted by molar-refractivity contribution is 9.10. The first-order valence-corrected chi connectivity index (χ1v) is 6.92. The average Bonchev–Trinajstić information content (AvgIpc) is 2.81. The van der Waals surface area contributed by atoms with Gasteiger partial charge in [0.15, 0.2) is 0 Å². The van der Waals surface area contributed by atoms with Crippen molar-refractivity contribution in [2.75, 3.05) is 0 Å². The van der Waals surface area contributed by atoms with E-state index < -0.39 is 0 Å². The van der Waals surface area contributed by atoms with Crippen molar-refractivity contribution in [3.63, 3.8) is 0 Å². The summed E-state index contributed by atoms with van der Waals surface area (Å²) in [5.41, 5.74) is 6.39. The summed E-state index contributed by atoms with van der Waals surface area (Å²) in [6.45, 7) is 6.16. The van der Waals surface area contributed by atoms with Crippen LogP contribution in [0.1, 0.15) is 17.0 Å². The maximum absolute atomic E-state index is 4.75. The number of imidazole rings is 1. The molecule has 3 aromatic rings. The molecule has 0 saturated carbocycles. The summed E-state index contributed by atoms with van der Waals surface area (Å²) in [5.74, 6) is 0. The summed E-state index contributed by atoms with van der Waals surface area (Å²) in [6.07, 6.45) is 4.09. The van der Waals surface area contributed by atoms with Crippen LogP contribution in [0.3, 0.4) is 0 Å². The Morgan fingerprint density at radius 2 is 1.89 bits per heavy atom. The normalized spacial score (nSPS) is 11.4. The number of hydrogen-bond donors (Lipinski definition) is 0. The van der Waals surface area contributed by atoms with Gasteiger partial charge in [-0.25, -0.2) is 4.98 Å². The second-order valence-electron chi connectivity index (χ2n) is 4.87. The minimum absolute atomic E-state index is 0.976. The van der Waals surface area contributed by atoms with Crippen molar-refractivity contribution < 1.29 is 0 Å². The highest BCUT2D eigenvalue weighted by Crippen LogP contribution is 2.27. The minimum atomic E-state index is 0.976. The maximum Gasteiger partial charge on any atom is 0.140 e. The third kappa shape index (κ3) is 1.89. The highest BCUT2D eigenvalue weighted by Gasteiger charge is 2.15. The number of rotatable bonds is 1. The molecule has 0 saturated heterocycles. The zero-order valence-corrected chi connectivity index (χ0v) is 13.0. The van der Waals surface area contributed by atoms with Gasteiger partial charge >= 0.3 is 0 Å². The van der Waals surface area contributed by atoms with Crippen LogP contribution in [-0.4, -0.2) is 19.2 Å². The molecule has 0 aliphatic rings. The van der Waals surface area contributed by atoms with Crippen molar-refractivity contribution in [2.24, 2.45) is 7.05 Å². The van der Waals surface area contributed by atoms with Crippen molar-refractivity contribution in [3.8, 4) is 11.3 Å². The fourth-order valence-electron chi connectivity index (χ4n) is 2.49. The Hall–Kier alpha value is -1.62. The Kier molecular flexibility index (Phi) is 2.74. The van der Waals surface area contributed by atoms with Gasteiger partial charge in [0, 0.05) is 35.2 Å². The van der Waals surface area contributed by atoms with Crippen molar-refractivity contribution in [1.82, 2.24) is 19.2 Å². The van der Waals surface area contributed by atoms with E-state index in [0.717, 1.165) is 38.3 Å². The van der Waals surface area contributed by atoms with Gasteiger partial charge in [-0.15, -0.1) is 0 Å². The monoisotopic (exact) mass is 318 g/mol. The van der Waals surface area contributed by atoms with Crippen LogP contribution >= 0.6 is 15.9 Å². The Balaban J connectivity index is 2.29. The summed E-state index contributed by atoms with van der Waals surface area (Å²) in [4.78, 5) is 4.75. The van der Waals surface area contributed by atoms with Crippen LogP contribution < -0.4 is 0 Å². The first-order chi connectivity index (χ1) is 8.97. The Labute approximate surface area is 120 Å². The number of aryl methyl sites for hydroxylation is 3. The molecule has 0 N–H and O–H groups in total. The number of nitrogens with zero attached hydrogens (tertiary/aromatic N) is 4. The van der Waals surface area contributed by atoms with E-state index in [1.807, 2.05) is 24.9 Å². The smallest absolute Gasteiger partial charge is 0.140 e. The molecule has 19 heavy (non-hydrogen) atoms. The maximum atomic E-state index is 4.75. The van der Waals surface area contributed by atoms with E-state index >= 15 is 0 Å². The largest absolute Gasteiger partial charge is 0.305 e. The van der Waals surface area contributed by atoms with Crippen LogP contribution in [0.5, 0.6) is 0 Å². The number of pyridine rings is 1. The molecule has 3 heterocycles. The first-order valence-electron chi connectivity index (χ1n) is 6.13. The van der Waals surface area contributed by atoms with E-state index in [1.165, 1.54) is 0 Å². The number of hydrogen-bond acceptors (Lipinski definition) is 2. The second-order valence-corrected chi connectivity index (χ2v) is 5.78. The molecule has 0 fully saturated rings. The summed E-state index contributed by atoms with van der Waals surface area (Å²) in [5, 5.41) is 4.46. The van der Waals surface area contributed by atoms with E-state index in [4.69, 9.17) is 4.98 Å². The number of fused-ring (bicyclic) bond motifs is 1. The molecule has 0 spiro atoms. The van der Waals surface area contributed by atoms with Crippen LogP contribution in [0.4, 0.5) is 0 Å². The van der Waals surface area contributed by atoms with E-state index in [1.54, 1.807) is 0 Å². The molecule has 3 rings (SSSR count). The lowest BCUT2D eigenvalue weighted by molar-refractivity contribution is 0.731. The number of aromatic nitrogens is 4. The van der Waals surface area contributed by atoms with Gasteiger partial charge in [0.25, 0.3) is 0 Å². The Morgan fingerprint density at radius 3 is 2.53 bits per heavy atom. The van der Waals surface area contributed by atoms with Gasteiger partial charge in [-0.05, 0) is 48.3 Å². The van der Waals surface area contributed by atoms with Crippen LogP contribution in [-0.2, 0) is 7.05 Å². The fraction of sp³-hybridized carbons (Fsp3) is 0.286. The third-order valence-corrected chi connectivity index (χ3v) is 3.90. The predicted octanol–water partition coefficient (Wildman–Crippen LogP) is 3.42. The number of halogens is 1. The lowest BCUT2D eigenvalue weighted by atomic mass is 10.1. The van der Waals surface area contributed by atoms with Gasteiger partial charge in [0.1, 0.15) is 5.65 Å². The molecule has 5 heteroatoms. The van der Waals surface area contributed by atoms with Crippen molar-refractivity contribution in [3.05, 3.63) is 39.9 Å². The van der Waals surface area contributed by atoms with E-state index in [0.29, 0.717) is 0 Å². The van der Waals surface area contributed by atoms with Crippen molar-refractivity contribution >= 4 is 21.6 Å². The van der Waals surface area contributed by atoms with E-state index in [2.05, 4.69) is 51.5 Å². The minimum Gasteiger partial charge on any atom is -0.305 e. The van der Waals surface area contributed by atoms with Gasteiger partial charge in [-0.3, -0.25) is 4.68 Å². The van der Waals surface area contributed by atoms with Crippen molar-refractivity contribution in [2.45, 2.75) is 20.8 Å². The van der Waals surface area contributed by atoms with Crippen molar-refractivity contribution in [1.29, 1.82) is 0 Å². The topological polar surface area (TPSA) is 35.1 Å². The average molecular weight is 319 g/mol. The van der Waals surface area contributed by atoms with Gasteiger partial charge in [-0.2, -0.15) is 5.10 Å². The zero-order chi connectivity index (χ0) is 13.7. The second kappa shape index (κ2) is 4.20. The van der Waals surface area contributed by atoms with Crippen LogP contribution in [0, 0.1) is 20.8 Å². The molecule has 0 unspecified atom stereocenters. The van der Waals surface area contributed by atoms with Gasteiger partial charge < -0.3 is 4.40 Å².